The van der Waals surface area contributed by atoms with Crippen molar-refractivity contribution in [2.24, 2.45) is 5.92 Å². The zero-order valence-corrected chi connectivity index (χ0v) is 15.9. The molecule has 0 saturated carbocycles. The number of carbonyl (C=O) groups is 2. The SMILES string of the molecule is O=C(O)CCC(Cc1ccccc1)NC(=O)N1CCCC(Cn2ccnn2)C1. The Morgan fingerprint density at radius 2 is 2.11 bits per heavy atom. The zero-order valence-electron chi connectivity index (χ0n) is 15.9. The van der Waals surface area contributed by atoms with Crippen molar-refractivity contribution in [3.05, 3.63) is 48.3 Å². The van der Waals surface area contributed by atoms with E-state index in [0.29, 0.717) is 25.3 Å². The second kappa shape index (κ2) is 9.87. The predicted molar refractivity (Wildman–Crippen MR) is 104 cm³/mol. The molecule has 8 nitrogen and oxygen atoms in total. The molecule has 2 heterocycles. The van der Waals surface area contributed by atoms with Gasteiger partial charge in [-0.1, -0.05) is 35.5 Å². The highest BCUT2D eigenvalue weighted by molar-refractivity contribution is 5.75. The molecule has 0 radical (unpaired) electrons. The average Bonchev–Trinajstić information content (AvgIpc) is 3.20. The van der Waals surface area contributed by atoms with Gasteiger partial charge in [-0.15, -0.1) is 5.10 Å². The molecule has 2 aromatic rings. The summed E-state index contributed by atoms with van der Waals surface area (Å²) in [6.07, 6.45) is 6.56. The molecule has 2 atom stereocenters. The van der Waals surface area contributed by atoms with Crippen LogP contribution in [0.15, 0.2) is 42.7 Å². The molecule has 0 aliphatic carbocycles. The van der Waals surface area contributed by atoms with Crippen molar-refractivity contribution in [2.45, 2.75) is 44.7 Å². The molecule has 3 rings (SSSR count). The summed E-state index contributed by atoms with van der Waals surface area (Å²) in [7, 11) is 0. The van der Waals surface area contributed by atoms with Gasteiger partial charge in [0, 0.05) is 38.3 Å². The number of hydrogen-bond acceptors (Lipinski definition) is 4. The third kappa shape index (κ3) is 6.07. The van der Waals surface area contributed by atoms with Crippen LogP contribution in [0.1, 0.15) is 31.2 Å². The number of carboxylic acid groups (broad SMARTS) is 1. The van der Waals surface area contributed by atoms with Crippen LogP contribution in [0.3, 0.4) is 0 Å². The fourth-order valence-corrected chi connectivity index (χ4v) is 3.68. The van der Waals surface area contributed by atoms with Gasteiger partial charge < -0.3 is 15.3 Å². The van der Waals surface area contributed by atoms with Crippen molar-refractivity contribution in [2.75, 3.05) is 13.1 Å². The summed E-state index contributed by atoms with van der Waals surface area (Å²) < 4.78 is 1.80. The summed E-state index contributed by atoms with van der Waals surface area (Å²) in [5, 5.41) is 19.9. The maximum Gasteiger partial charge on any atom is 0.317 e. The first-order valence-electron chi connectivity index (χ1n) is 9.75. The number of carboxylic acids is 1. The van der Waals surface area contributed by atoms with Gasteiger partial charge in [0.25, 0.3) is 0 Å². The van der Waals surface area contributed by atoms with Crippen LogP contribution in [-0.2, 0) is 17.8 Å². The Bertz CT molecular complexity index is 750. The van der Waals surface area contributed by atoms with Crippen LogP contribution in [0.4, 0.5) is 4.79 Å². The minimum absolute atomic E-state index is 0.0344. The fraction of sp³-hybridized carbons (Fsp3) is 0.500. The van der Waals surface area contributed by atoms with E-state index in [1.165, 1.54) is 0 Å². The highest BCUT2D eigenvalue weighted by Gasteiger charge is 2.26. The molecule has 150 valence electrons. The van der Waals surface area contributed by atoms with E-state index >= 15 is 0 Å². The monoisotopic (exact) mass is 385 g/mol. The number of likely N-dealkylation sites (tertiary alicyclic amines) is 1. The summed E-state index contributed by atoms with van der Waals surface area (Å²) in [6.45, 7) is 2.13. The lowest BCUT2D eigenvalue weighted by atomic mass is 9.98. The van der Waals surface area contributed by atoms with Gasteiger partial charge in [0.2, 0.25) is 0 Å². The molecule has 28 heavy (non-hydrogen) atoms. The van der Waals surface area contributed by atoms with E-state index in [0.717, 1.165) is 31.5 Å². The highest BCUT2D eigenvalue weighted by atomic mass is 16.4. The Morgan fingerprint density at radius 3 is 2.82 bits per heavy atom. The van der Waals surface area contributed by atoms with E-state index in [9.17, 15) is 9.59 Å². The average molecular weight is 385 g/mol. The molecular formula is C20H27N5O3. The second-order valence-corrected chi connectivity index (χ2v) is 7.35. The molecule has 8 heteroatoms. The summed E-state index contributed by atoms with van der Waals surface area (Å²) in [6, 6.07) is 9.51. The summed E-state index contributed by atoms with van der Waals surface area (Å²) in [5.41, 5.74) is 1.08. The Balaban J connectivity index is 1.57. The number of benzene rings is 1. The highest BCUT2D eigenvalue weighted by Crippen LogP contribution is 2.18. The molecule has 1 aliphatic heterocycles. The van der Waals surface area contributed by atoms with Gasteiger partial charge in [0.1, 0.15) is 0 Å². The van der Waals surface area contributed by atoms with E-state index in [-0.39, 0.29) is 18.5 Å². The number of carbonyl (C=O) groups excluding carboxylic acids is 1. The van der Waals surface area contributed by atoms with E-state index < -0.39 is 5.97 Å². The van der Waals surface area contributed by atoms with Crippen molar-refractivity contribution < 1.29 is 14.7 Å². The van der Waals surface area contributed by atoms with E-state index in [1.807, 2.05) is 41.4 Å². The standard InChI is InChI=1S/C20H27N5O3/c26-19(27)9-8-18(13-16-5-2-1-3-6-16)22-20(28)24-11-4-7-17(14-24)15-25-12-10-21-23-25/h1-3,5-6,10,12,17-18H,4,7-9,11,13-15H2,(H,22,28)(H,26,27). The third-order valence-electron chi connectivity index (χ3n) is 5.08. The summed E-state index contributed by atoms with van der Waals surface area (Å²) in [5.74, 6) is -0.508. The molecule has 1 saturated heterocycles. The summed E-state index contributed by atoms with van der Waals surface area (Å²) in [4.78, 5) is 25.7. The maximum absolute atomic E-state index is 12.8. The van der Waals surface area contributed by atoms with Crippen molar-refractivity contribution in [3.63, 3.8) is 0 Å². The smallest absolute Gasteiger partial charge is 0.317 e. The Hall–Kier alpha value is -2.90. The third-order valence-corrected chi connectivity index (χ3v) is 5.08. The normalized spacial score (nSPS) is 17.9. The first-order valence-corrected chi connectivity index (χ1v) is 9.75. The fourth-order valence-electron chi connectivity index (χ4n) is 3.68. The first-order chi connectivity index (χ1) is 13.6. The number of urea groups is 1. The van der Waals surface area contributed by atoms with Gasteiger partial charge in [-0.2, -0.15) is 0 Å². The number of aliphatic carboxylic acids is 1. The minimum Gasteiger partial charge on any atom is -0.481 e. The molecule has 2 amide bonds. The number of nitrogens with one attached hydrogen (secondary N) is 1. The van der Waals surface area contributed by atoms with Crippen molar-refractivity contribution >= 4 is 12.0 Å². The van der Waals surface area contributed by atoms with Gasteiger partial charge in [0.05, 0.1) is 6.20 Å². The number of nitrogens with zero attached hydrogens (tertiary/aromatic N) is 4. The molecule has 1 aromatic heterocycles. The van der Waals surface area contributed by atoms with Crippen molar-refractivity contribution in [3.8, 4) is 0 Å². The van der Waals surface area contributed by atoms with Gasteiger partial charge >= 0.3 is 12.0 Å². The van der Waals surface area contributed by atoms with Crippen molar-refractivity contribution in [1.82, 2.24) is 25.2 Å². The second-order valence-electron chi connectivity index (χ2n) is 7.35. The van der Waals surface area contributed by atoms with E-state index in [1.54, 1.807) is 10.9 Å². The number of piperidine rings is 1. The number of hydrogen-bond donors (Lipinski definition) is 2. The Labute approximate surface area is 164 Å². The molecule has 1 aromatic carbocycles. The molecule has 2 unspecified atom stereocenters. The topological polar surface area (TPSA) is 100 Å². The molecule has 0 bridgehead atoms. The van der Waals surface area contributed by atoms with Crippen LogP contribution in [0.5, 0.6) is 0 Å². The van der Waals surface area contributed by atoms with Crippen LogP contribution < -0.4 is 5.32 Å². The number of aromatic nitrogens is 3. The quantitative estimate of drug-likeness (QED) is 0.725. The van der Waals surface area contributed by atoms with Crippen LogP contribution >= 0.6 is 0 Å². The van der Waals surface area contributed by atoms with Crippen molar-refractivity contribution in [1.29, 1.82) is 0 Å². The number of rotatable bonds is 8. The molecule has 1 aliphatic rings. The molecular weight excluding hydrogens is 358 g/mol. The van der Waals surface area contributed by atoms with Crippen LogP contribution in [-0.4, -0.2) is 56.1 Å². The lowest BCUT2D eigenvalue weighted by molar-refractivity contribution is -0.137. The Morgan fingerprint density at radius 1 is 1.29 bits per heavy atom. The molecule has 0 spiro atoms. The van der Waals surface area contributed by atoms with E-state index in [4.69, 9.17) is 5.11 Å². The van der Waals surface area contributed by atoms with Gasteiger partial charge in [0.15, 0.2) is 0 Å². The molecule has 1 fully saturated rings. The van der Waals surface area contributed by atoms with E-state index in [2.05, 4.69) is 15.6 Å². The van der Waals surface area contributed by atoms with Crippen LogP contribution in [0.25, 0.3) is 0 Å². The van der Waals surface area contributed by atoms with Gasteiger partial charge in [-0.25, -0.2) is 4.79 Å². The summed E-state index contributed by atoms with van der Waals surface area (Å²) >= 11 is 0. The minimum atomic E-state index is -0.849. The first kappa shape index (κ1) is 19.9. The zero-order chi connectivity index (χ0) is 19.8. The van der Waals surface area contributed by atoms with Crippen LogP contribution in [0, 0.1) is 5.92 Å². The predicted octanol–water partition coefficient (Wildman–Crippen LogP) is 2.18. The Kier molecular flexibility index (Phi) is 7.00. The molecule has 2 N–H and O–H groups in total. The lowest BCUT2D eigenvalue weighted by Crippen LogP contribution is -2.49. The van der Waals surface area contributed by atoms with Gasteiger partial charge in [-0.05, 0) is 37.2 Å². The van der Waals surface area contributed by atoms with Crippen LogP contribution in [0.2, 0.25) is 0 Å². The number of amides is 2. The lowest BCUT2D eigenvalue weighted by Gasteiger charge is -2.34. The largest absolute Gasteiger partial charge is 0.481 e. The van der Waals surface area contributed by atoms with Gasteiger partial charge in [-0.3, -0.25) is 9.48 Å². The maximum atomic E-state index is 12.8.